The van der Waals surface area contributed by atoms with Crippen LogP contribution in [0.5, 0.6) is 0 Å². The highest BCUT2D eigenvalue weighted by atomic mass is 19.1. The van der Waals surface area contributed by atoms with Crippen LogP contribution in [-0.2, 0) is 13.0 Å². The van der Waals surface area contributed by atoms with E-state index in [0.717, 1.165) is 25.1 Å². The van der Waals surface area contributed by atoms with Gasteiger partial charge in [-0.15, -0.1) is 0 Å². The van der Waals surface area contributed by atoms with Crippen molar-refractivity contribution < 1.29 is 4.39 Å². The van der Waals surface area contributed by atoms with E-state index >= 15 is 0 Å². The van der Waals surface area contributed by atoms with E-state index in [4.69, 9.17) is 0 Å². The Kier molecular flexibility index (Phi) is 3.50. The van der Waals surface area contributed by atoms with E-state index in [2.05, 4.69) is 31.4 Å². The summed E-state index contributed by atoms with van der Waals surface area (Å²) in [5.74, 6) is -0.142. The van der Waals surface area contributed by atoms with Gasteiger partial charge in [0.05, 0.1) is 0 Å². The first-order chi connectivity index (χ1) is 7.94. The summed E-state index contributed by atoms with van der Waals surface area (Å²) in [6.07, 6.45) is 0.971. The molecule has 0 spiro atoms. The highest BCUT2D eigenvalue weighted by Crippen LogP contribution is 2.18. The standard InChI is InChI=1S/C14H21FN2/c1-14(2,3)17-9-13-7-10-4-5-12(15)6-11(10)8-16-13/h4-6,13,16-17H,7-9H2,1-3H3. The SMILES string of the molecule is CC(C)(C)NCC1Cc2ccc(F)cc2CN1. The van der Waals surface area contributed by atoms with Gasteiger partial charge in [0.1, 0.15) is 5.82 Å². The lowest BCUT2D eigenvalue weighted by atomic mass is 9.95. The molecule has 1 aromatic rings. The lowest BCUT2D eigenvalue weighted by Gasteiger charge is -2.30. The summed E-state index contributed by atoms with van der Waals surface area (Å²) in [5, 5.41) is 6.94. The maximum atomic E-state index is 13.1. The Labute approximate surface area is 103 Å². The van der Waals surface area contributed by atoms with Gasteiger partial charge >= 0.3 is 0 Å². The third kappa shape index (κ3) is 3.51. The van der Waals surface area contributed by atoms with Crippen LogP contribution in [0.3, 0.4) is 0 Å². The second-order valence-corrected chi connectivity index (χ2v) is 5.83. The Bertz CT molecular complexity index is 396. The van der Waals surface area contributed by atoms with Gasteiger partial charge in [0.2, 0.25) is 0 Å². The molecule has 0 saturated heterocycles. The molecule has 1 aliphatic rings. The molecule has 1 unspecified atom stereocenters. The molecule has 0 radical (unpaired) electrons. The number of rotatable bonds is 2. The largest absolute Gasteiger partial charge is 0.311 e. The predicted octanol–water partition coefficient (Wildman–Crippen LogP) is 2.23. The zero-order chi connectivity index (χ0) is 12.5. The van der Waals surface area contributed by atoms with Crippen molar-refractivity contribution in [3.05, 3.63) is 35.1 Å². The van der Waals surface area contributed by atoms with Crippen molar-refractivity contribution >= 4 is 0 Å². The summed E-state index contributed by atoms with van der Waals surface area (Å²) in [5.41, 5.74) is 2.51. The Hall–Kier alpha value is -0.930. The maximum Gasteiger partial charge on any atom is 0.123 e. The first-order valence-electron chi connectivity index (χ1n) is 6.20. The normalized spacial score (nSPS) is 20.1. The molecular formula is C14H21FN2. The van der Waals surface area contributed by atoms with Gasteiger partial charge in [-0.05, 0) is 50.5 Å². The zero-order valence-corrected chi connectivity index (χ0v) is 10.8. The molecular weight excluding hydrogens is 215 g/mol. The van der Waals surface area contributed by atoms with Gasteiger partial charge < -0.3 is 10.6 Å². The van der Waals surface area contributed by atoms with Crippen molar-refractivity contribution in [2.45, 2.75) is 45.3 Å². The molecule has 0 bridgehead atoms. The van der Waals surface area contributed by atoms with E-state index < -0.39 is 0 Å². The minimum Gasteiger partial charge on any atom is -0.311 e. The van der Waals surface area contributed by atoms with Crippen LogP contribution in [0.4, 0.5) is 4.39 Å². The van der Waals surface area contributed by atoms with Crippen LogP contribution in [0.1, 0.15) is 31.9 Å². The van der Waals surface area contributed by atoms with E-state index in [1.54, 1.807) is 12.1 Å². The topological polar surface area (TPSA) is 24.1 Å². The molecule has 1 aromatic carbocycles. The Morgan fingerprint density at radius 1 is 1.35 bits per heavy atom. The highest BCUT2D eigenvalue weighted by Gasteiger charge is 2.19. The maximum absolute atomic E-state index is 13.1. The zero-order valence-electron chi connectivity index (χ0n) is 10.8. The fourth-order valence-corrected chi connectivity index (χ4v) is 2.12. The van der Waals surface area contributed by atoms with E-state index in [9.17, 15) is 4.39 Å². The third-order valence-corrected chi connectivity index (χ3v) is 3.09. The fraction of sp³-hybridized carbons (Fsp3) is 0.571. The molecule has 0 aliphatic carbocycles. The minimum atomic E-state index is -0.142. The quantitative estimate of drug-likeness (QED) is 0.823. The third-order valence-electron chi connectivity index (χ3n) is 3.09. The second-order valence-electron chi connectivity index (χ2n) is 5.83. The monoisotopic (exact) mass is 236 g/mol. The molecule has 2 nitrogen and oxygen atoms in total. The van der Waals surface area contributed by atoms with Gasteiger partial charge in [-0.1, -0.05) is 6.07 Å². The number of hydrogen-bond acceptors (Lipinski definition) is 2. The number of fused-ring (bicyclic) bond motifs is 1. The molecule has 3 heteroatoms. The number of hydrogen-bond donors (Lipinski definition) is 2. The van der Waals surface area contributed by atoms with E-state index in [-0.39, 0.29) is 11.4 Å². The first kappa shape index (κ1) is 12.5. The van der Waals surface area contributed by atoms with Crippen LogP contribution in [0, 0.1) is 5.82 Å². The van der Waals surface area contributed by atoms with E-state index in [1.807, 2.05) is 6.07 Å². The highest BCUT2D eigenvalue weighted by molar-refractivity contribution is 5.30. The van der Waals surface area contributed by atoms with Crippen LogP contribution < -0.4 is 10.6 Å². The molecule has 1 heterocycles. The van der Waals surface area contributed by atoms with Gasteiger partial charge in [-0.2, -0.15) is 0 Å². The first-order valence-corrected chi connectivity index (χ1v) is 6.20. The van der Waals surface area contributed by atoms with Crippen molar-refractivity contribution in [3.8, 4) is 0 Å². The molecule has 0 saturated carbocycles. The summed E-state index contributed by atoms with van der Waals surface area (Å²) in [4.78, 5) is 0. The van der Waals surface area contributed by atoms with Crippen molar-refractivity contribution in [2.75, 3.05) is 6.54 Å². The predicted molar refractivity (Wildman–Crippen MR) is 68.5 cm³/mol. The second kappa shape index (κ2) is 4.75. The number of benzene rings is 1. The van der Waals surface area contributed by atoms with Gasteiger partial charge in [0.25, 0.3) is 0 Å². The fourth-order valence-electron chi connectivity index (χ4n) is 2.12. The van der Waals surface area contributed by atoms with Crippen molar-refractivity contribution in [3.63, 3.8) is 0 Å². The lowest BCUT2D eigenvalue weighted by Crippen LogP contribution is -2.48. The average molecular weight is 236 g/mol. The number of halogens is 1. The van der Waals surface area contributed by atoms with Crippen LogP contribution >= 0.6 is 0 Å². The molecule has 1 atom stereocenters. The van der Waals surface area contributed by atoms with E-state index in [1.165, 1.54) is 5.56 Å². The Balaban J connectivity index is 1.97. The van der Waals surface area contributed by atoms with Gasteiger partial charge in [0, 0.05) is 24.7 Å². The van der Waals surface area contributed by atoms with Crippen LogP contribution in [0.2, 0.25) is 0 Å². The summed E-state index contributed by atoms with van der Waals surface area (Å²) in [6, 6.07) is 5.54. The Morgan fingerprint density at radius 2 is 2.12 bits per heavy atom. The van der Waals surface area contributed by atoms with E-state index in [0.29, 0.717) is 6.04 Å². The molecule has 0 amide bonds. The molecule has 0 fully saturated rings. The van der Waals surface area contributed by atoms with Crippen LogP contribution in [0.15, 0.2) is 18.2 Å². The van der Waals surface area contributed by atoms with Crippen molar-refractivity contribution in [1.82, 2.24) is 10.6 Å². The molecule has 0 aromatic heterocycles. The minimum absolute atomic E-state index is 0.142. The van der Waals surface area contributed by atoms with Gasteiger partial charge in [-0.3, -0.25) is 0 Å². The van der Waals surface area contributed by atoms with Crippen molar-refractivity contribution in [1.29, 1.82) is 0 Å². The van der Waals surface area contributed by atoms with Crippen molar-refractivity contribution in [2.24, 2.45) is 0 Å². The lowest BCUT2D eigenvalue weighted by molar-refractivity contribution is 0.367. The molecule has 2 N–H and O–H groups in total. The average Bonchev–Trinajstić information content (AvgIpc) is 2.25. The number of nitrogens with one attached hydrogen (secondary N) is 2. The molecule has 1 aliphatic heterocycles. The van der Waals surface area contributed by atoms with Gasteiger partial charge in [-0.25, -0.2) is 4.39 Å². The summed E-state index contributed by atoms with van der Waals surface area (Å²) in [7, 11) is 0. The van der Waals surface area contributed by atoms with Crippen LogP contribution in [-0.4, -0.2) is 18.1 Å². The van der Waals surface area contributed by atoms with Crippen LogP contribution in [0.25, 0.3) is 0 Å². The smallest absolute Gasteiger partial charge is 0.123 e. The summed E-state index contributed by atoms with van der Waals surface area (Å²) in [6.45, 7) is 8.21. The molecule has 2 rings (SSSR count). The Morgan fingerprint density at radius 3 is 2.82 bits per heavy atom. The van der Waals surface area contributed by atoms with Gasteiger partial charge in [0.15, 0.2) is 0 Å². The molecule has 94 valence electrons. The molecule has 17 heavy (non-hydrogen) atoms. The summed E-state index contributed by atoms with van der Waals surface area (Å²) >= 11 is 0. The summed E-state index contributed by atoms with van der Waals surface area (Å²) < 4.78 is 13.1.